The van der Waals surface area contributed by atoms with E-state index in [-0.39, 0.29) is 0 Å². The Morgan fingerprint density at radius 3 is 2.80 bits per heavy atom. The van der Waals surface area contributed by atoms with Crippen molar-refractivity contribution in [2.24, 2.45) is 0 Å². The molecular formula is C18H15Cl2N5. The molecule has 5 nitrogen and oxygen atoms in total. The highest BCUT2D eigenvalue weighted by Crippen LogP contribution is 2.37. The van der Waals surface area contributed by atoms with Crippen molar-refractivity contribution in [3.05, 3.63) is 64.3 Å². The second-order valence-electron chi connectivity index (χ2n) is 5.94. The summed E-state index contributed by atoms with van der Waals surface area (Å²) >= 11 is 12.0. The van der Waals surface area contributed by atoms with Crippen LogP contribution in [0.2, 0.25) is 10.0 Å². The van der Waals surface area contributed by atoms with Gasteiger partial charge in [0.1, 0.15) is 0 Å². The Kier molecular flexibility index (Phi) is 4.19. The molecule has 1 aromatic heterocycles. The molecule has 7 heteroatoms. The van der Waals surface area contributed by atoms with E-state index < -0.39 is 0 Å². The summed E-state index contributed by atoms with van der Waals surface area (Å²) in [6.07, 6.45) is 2.66. The Morgan fingerprint density at radius 1 is 1.12 bits per heavy atom. The number of anilines is 4. The van der Waals surface area contributed by atoms with Crippen molar-refractivity contribution < 1.29 is 0 Å². The van der Waals surface area contributed by atoms with Gasteiger partial charge in [0, 0.05) is 17.4 Å². The molecule has 1 unspecified atom stereocenters. The van der Waals surface area contributed by atoms with Crippen molar-refractivity contribution >= 4 is 46.3 Å². The summed E-state index contributed by atoms with van der Waals surface area (Å²) in [5.41, 5.74) is 3.23. The number of hydrogen-bond acceptors (Lipinski definition) is 5. The lowest BCUT2D eigenvalue weighted by Gasteiger charge is -2.23. The molecule has 0 radical (unpaired) electrons. The fourth-order valence-corrected chi connectivity index (χ4v) is 3.38. The molecule has 0 fully saturated rings. The van der Waals surface area contributed by atoms with Gasteiger partial charge in [0.25, 0.3) is 0 Å². The van der Waals surface area contributed by atoms with E-state index in [1.165, 1.54) is 5.56 Å². The minimum Gasteiger partial charge on any atom is -0.323 e. The molecule has 25 heavy (non-hydrogen) atoms. The molecule has 4 rings (SSSR count). The van der Waals surface area contributed by atoms with Gasteiger partial charge in [-0.1, -0.05) is 41.4 Å². The number of para-hydroxylation sites is 1. The number of nitrogens with zero attached hydrogens (tertiary/aromatic N) is 4. The van der Waals surface area contributed by atoms with Gasteiger partial charge < -0.3 is 10.2 Å². The van der Waals surface area contributed by atoms with Gasteiger partial charge in [-0.25, -0.2) is 0 Å². The average Bonchev–Trinajstić information content (AvgIpc) is 2.94. The van der Waals surface area contributed by atoms with Crippen molar-refractivity contribution in [2.75, 3.05) is 10.2 Å². The van der Waals surface area contributed by atoms with Crippen molar-refractivity contribution in [1.29, 1.82) is 0 Å². The molecule has 1 atom stereocenters. The average molecular weight is 372 g/mol. The number of hydrogen-bond donors (Lipinski definition) is 1. The topological polar surface area (TPSA) is 53.9 Å². The first-order valence-electron chi connectivity index (χ1n) is 7.91. The van der Waals surface area contributed by atoms with Crippen LogP contribution in [0.3, 0.4) is 0 Å². The zero-order valence-electron chi connectivity index (χ0n) is 13.4. The molecule has 0 saturated carbocycles. The van der Waals surface area contributed by atoms with Crippen molar-refractivity contribution in [1.82, 2.24) is 15.2 Å². The third kappa shape index (κ3) is 3.13. The molecule has 0 saturated heterocycles. The van der Waals surface area contributed by atoms with Gasteiger partial charge >= 0.3 is 0 Å². The summed E-state index contributed by atoms with van der Waals surface area (Å²) in [7, 11) is 0. The fourth-order valence-electron chi connectivity index (χ4n) is 3.08. The molecule has 0 amide bonds. The van der Waals surface area contributed by atoms with Crippen LogP contribution in [-0.4, -0.2) is 21.2 Å². The van der Waals surface area contributed by atoms with Crippen LogP contribution >= 0.6 is 23.2 Å². The summed E-state index contributed by atoms with van der Waals surface area (Å²) in [6, 6.07) is 13.9. The summed E-state index contributed by atoms with van der Waals surface area (Å²) < 4.78 is 0. The predicted octanol–water partition coefficient (Wildman–Crippen LogP) is 5.00. The standard InChI is InChI=1S/C18H15Cl2N5/c1-11-8-12-4-2-3-5-16(12)25(11)17-10-21-24-18(23-17)22-13-6-7-14(19)15(20)9-13/h2-7,9-11H,8H2,1H3,(H,22,23,24). The third-order valence-electron chi connectivity index (χ3n) is 4.18. The van der Waals surface area contributed by atoms with Crippen molar-refractivity contribution in [3.8, 4) is 0 Å². The van der Waals surface area contributed by atoms with Gasteiger partial charge in [-0.3, -0.25) is 0 Å². The lowest BCUT2D eigenvalue weighted by Crippen LogP contribution is -2.25. The first-order valence-corrected chi connectivity index (χ1v) is 8.66. The monoisotopic (exact) mass is 371 g/mol. The lowest BCUT2D eigenvalue weighted by atomic mass is 10.1. The third-order valence-corrected chi connectivity index (χ3v) is 4.91. The van der Waals surface area contributed by atoms with Gasteiger partial charge in [0.2, 0.25) is 5.95 Å². The maximum atomic E-state index is 6.05. The number of benzene rings is 2. The minimum atomic E-state index is 0.312. The van der Waals surface area contributed by atoms with Crippen LogP contribution in [0, 0.1) is 0 Å². The summed E-state index contributed by atoms with van der Waals surface area (Å²) in [5, 5.41) is 12.3. The van der Waals surface area contributed by atoms with Crippen LogP contribution in [-0.2, 0) is 6.42 Å². The van der Waals surface area contributed by atoms with E-state index >= 15 is 0 Å². The number of nitrogens with one attached hydrogen (secondary N) is 1. The van der Waals surface area contributed by atoms with E-state index in [1.54, 1.807) is 18.3 Å². The molecule has 1 aliphatic rings. The number of rotatable bonds is 3. The Balaban J connectivity index is 1.65. The SMILES string of the molecule is CC1Cc2ccccc2N1c1cnnc(Nc2ccc(Cl)c(Cl)c2)n1. The molecule has 0 aliphatic carbocycles. The molecule has 3 aromatic rings. The lowest BCUT2D eigenvalue weighted by molar-refractivity contribution is 0.745. The molecule has 1 N–H and O–H groups in total. The summed E-state index contributed by atoms with van der Waals surface area (Å²) in [6.45, 7) is 2.17. The first kappa shape index (κ1) is 16.1. The van der Waals surface area contributed by atoms with Crippen LogP contribution in [0.4, 0.5) is 23.1 Å². The zero-order chi connectivity index (χ0) is 17.4. The van der Waals surface area contributed by atoms with Gasteiger partial charge in [-0.15, -0.1) is 5.10 Å². The smallest absolute Gasteiger partial charge is 0.249 e. The van der Waals surface area contributed by atoms with Gasteiger partial charge in [0.15, 0.2) is 5.82 Å². The van der Waals surface area contributed by atoms with E-state index in [0.717, 1.165) is 23.6 Å². The van der Waals surface area contributed by atoms with Crippen LogP contribution in [0.15, 0.2) is 48.7 Å². The minimum absolute atomic E-state index is 0.312. The van der Waals surface area contributed by atoms with Crippen LogP contribution in [0.1, 0.15) is 12.5 Å². The van der Waals surface area contributed by atoms with E-state index in [2.05, 4.69) is 50.5 Å². The molecule has 2 aromatic carbocycles. The van der Waals surface area contributed by atoms with E-state index in [9.17, 15) is 0 Å². The highest BCUT2D eigenvalue weighted by molar-refractivity contribution is 6.42. The fraction of sp³-hybridized carbons (Fsp3) is 0.167. The highest BCUT2D eigenvalue weighted by atomic mass is 35.5. The second kappa shape index (κ2) is 6.50. The van der Waals surface area contributed by atoms with E-state index in [4.69, 9.17) is 23.2 Å². The second-order valence-corrected chi connectivity index (χ2v) is 6.76. The van der Waals surface area contributed by atoms with E-state index in [0.29, 0.717) is 22.0 Å². The first-order chi connectivity index (χ1) is 12.1. The van der Waals surface area contributed by atoms with E-state index in [1.807, 2.05) is 12.1 Å². The molecular weight excluding hydrogens is 357 g/mol. The van der Waals surface area contributed by atoms with Crippen molar-refractivity contribution in [2.45, 2.75) is 19.4 Å². The Morgan fingerprint density at radius 2 is 1.96 bits per heavy atom. The molecule has 1 aliphatic heterocycles. The predicted molar refractivity (Wildman–Crippen MR) is 101 cm³/mol. The zero-order valence-corrected chi connectivity index (χ0v) is 15.0. The molecule has 0 spiro atoms. The molecule has 2 heterocycles. The van der Waals surface area contributed by atoms with Crippen LogP contribution < -0.4 is 10.2 Å². The summed E-state index contributed by atoms with van der Waals surface area (Å²) in [5.74, 6) is 1.17. The maximum Gasteiger partial charge on any atom is 0.249 e. The Labute approximate surface area is 155 Å². The Hall–Kier alpha value is -2.37. The number of fused-ring (bicyclic) bond motifs is 1. The number of halogens is 2. The van der Waals surface area contributed by atoms with Crippen LogP contribution in [0.25, 0.3) is 0 Å². The number of aromatic nitrogens is 3. The quantitative estimate of drug-likeness (QED) is 0.701. The molecule has 0 bridgehead atoms. The van der Waals surface area contributed by atoms with Crippen LogP contribution in [0.5, 0.6) is 0 Å². The normalized spacial score (nSPS) is 16.0. The van der Waals surface area contributed by atoms with Gasteiger partial charge in [-0.2, -0.15) is 10.1 Å². The van der Waals surface area contributed by atoms with Crippen molar-refractivity contribution in [3.63, 3.8) is 0 Å². The Bertz CT molecular complexity index is 931. The summed E-state index contributed by atoms with van der Waals surface area (Å²) in [4.78, 5) is 6.80. The van der Waals surface area contributed by atoms with Gasteiger partial charge in [0.05, 0.1) is 16.2 Å². The maximum absolute atomic E-state index is 6.05. The largest absolute Gasteiger partial charge is 0.323 e. The van der Waals surface area contributed by atoms with Gasteiger partial charge in [-0.05, 0) is 43.2 Å². The highest BCUT2D eigenvalue weighted by Gasteiger charge is 2.28. The molecule has 126 valence electrons.